The highest BCUT2D eigenvalue weighted by atomic mass is 16.3. The standard InChI is InChI=1S/C14H14N2O/c15-12-6-2-10(3-7-12)1-4-11-5-8-13(16)9-14(11)17/h1-9,17H,15-16H2. The van der Waals surface area contributed by atoms with Gasteiger partial charge in [-0.1, -0.05) is 24.3 Å². The summed E-state index contributed by atoms with van der Waals surface area (Å²) in [4.78, 5) is 0. The smallest absolute Gasteiger partial charge is 0.124 e. The van der Waals surface area contributed by atoms with Crippen molar-refractivity contribution in [2.75, 3.05) is 11.5 Å². The molecule has 0 unspecified atom stereocenters. The summed E-state index contributed by atoms with van der Waals surface area (Å²) in [6.45, 7) is 0. The molecule has 0 atom stereocenters. The highest BCUT2D eigenvalue weighted by Gasteiger charge is 1.97. The van der Waals surface area contributed by atoms with E-state index >= 15 is 0 Å². The molecular formula is C14H14N2O. The van der Waals surface area contributed by atoms with Crippen molar-refractivity contribution >= 4 is 23.5 Å². The monoisotopic (exact) mass is 226 g/mol. The zero-order valence-corrected chi connectivity index (χ0v) is 9.30. The van der Waals surface area contributed by atoms with Crippen LogP contribution in [0.3, 0.4) is 0 Å². The molecule has 5 N–H and O–H groups in total. The van der Waals surface area contributed by atoms with Crippen molar-refractivity contribution in [3.8, 4) is 5.75 Å². The van der Waals surface area contributed by atoms with Gasteiger partial charge in [-0.2, -0.15) is 0 Å². The fourth-order valence-corrected chi connectivity index (χ4v) is 1.49. The molecule has 0 amide bonds. The third-order valence-electron chi connectivity index (χ3n) is 2.45. The van der Waals surface area contributed by atoms with E-state index in [1.54, 1.807) is 12.1 Å². The Labute approximate surface area is 100 Å². The van der Waals surface area contributed by atoms with Crippen molar-refractivity contribution in [3.05, 3.63) is 53.6 Å². The zero-order chi connectivity index (χ0) is 12.3. The van der Waals surface area contributed by atoms with Crippen molar-refractivity contribution in [1.29, 1.82) is 0 Å². The van der Waals surface area contributed by atoms with Crippen LogP contribution in [0.25, 0.3) is 12.2 Å². The summed E-state index contributed by atoms with van der Waals surface area (Å²) in [6, 6.07) is 12.6. The summed E-state index contributed by atoms with van der Waals surface area (Å²) in [6.07, 6.45) is 3.74. The maximum absolute atomic E-state index is 9.66. The maximum Gasteiger partial charge on any atom is 0.124 e. The van der Waals surface area contributed by atoms with Gasteiger partial charge >= 0.3 is 0 Å². The van der Waals surface area contributed by atoms with Gasteiger partial charge in [0.2, 0.25) is 0 Å². The molecule has 2 aromatic rings. The molecule has 17 heavy (non-hydrogen) atoms. The van der Waals surface area contributed by atoms with E-state index in [0.29, 0.717) is 5.69 Å². The lowest BCUT2D eigenvalue weighted by atomic mass is 10.1. The Morgan fingerprint density at radius 3 is 2.12 bits per heavy atom. The van der Waals surface area contributed by atoms with Crippen LogP contribution in [-0.2, 0) is 0 Å². The van der Waals surface area contributed by atoms with E-state index in [-0.39, 0.29) is 5.75 Å². The molecule has 0 aliphatic rings. The van der Waals surface area contributed by atoms with Gasteiger partial charge in [0, 0.05) is 23.0 Å². The maximum atomic E-state index is 9.66. The van der Waals surface area contributed by atoms with E-state index in [9.17, 15) is 5.11 Å². The number of phenolic OH excluding ortho intramolecular Hbond substituents is 1. The van der Waals surface area contributed by atoms with Gasteiger partial charge in [0.1, 0.15) is 5.75 Å². The Kier molecular flexibility index (Phi) is 3.01. The molecule has 3 nitrogen and oxygen atoms in total. The summed E-state index contributed by atoms with van der Waals surface area (Å²) >= 11 is 0. The van der Waals surface area contributed by atoms with Gasteiger partial charge in [-0.05, 0) is 29.8 Å². The number of hydrogen-bond acceptors (Lipinski definition) is 3. The Hall–Kier alpha value is -2.42. The van der Waals surface area contributed by atoms with Crippen molar-refractivity contribution in [1.82, 2.24) is 0 Å². The lowest BCUT2D eigenvalue weighted by molar-refractivity contribution is 0.474. The van der Waals surface area contributed by atoms with Gasteiger partial charge < -0.3 is 16.6 Å². The molecule has 0 bridgehead atoms. The summed E-state index contributed by atoms with van der Waals surface area (Å²) in [5.41, 5.74) is 14.2. The zero-order valence-electron chi connectivity index (χ0n) is 9.30. The van der Waals surface area contributed by atoms with Crippen molar-refractivity contribution < 1.29 is 5.11 Å². The van der Waals surface area contributed by atoms with Crippen molar-refractivity contribution in [2.24, 2.45) is 0 Å². The molecule has 0 fully saturated rings. The average Bonchev–Trinajstić information content (AvgIpc) is 2.30. The van der Waals surface area contributed by atoms with Crippen LogP contribution >= 0.6 is 0 Å². The number of benzene rings is 2. The molecule has 86 valence electrons. The number of hydrogen-bond donors (Lipinski definition) is 3. The third-order valence-corrected chi connectivity index (χ3v) is 2.45. The quantitative estimate of drug-likeness (QED) is 0.544. The predicted molar refractivity (Wildman–Crippen MR) is 72.3 cm³/mol. The SMILES string of the molecule is Nc1ccc(C=Cc2ccc(N)cc2O)cc1. The summed E-state index contributed by atoms with van der Waals surface area (Å²) < 4.78 is 0. The van der Waals surface area contributed by atoms with Gasteiger partial charge in [-0.25, -0.2) is 0 Å². The van der Waals surface area contributed by atoms with Crippen LogP contribution in [0.5, 0.6) is 5.75 Å². The second-order valence-electron chi connectivity index (χ2n) is 3.82. The van der Waals surface area contributed by atoms with E-state index in [1.165, 1.54) is 6.07 Å². The molecule has 3 heteroatoms. The number of nitrogens with two attached hydrogens (primary N) is 2. The van der Waals surface area contributed by atoms with Crippen molar-refractivity contribution in [2.45, 2.75) is 0 Å². The normalized spacial score (nSPS) is 10.8. The van der Waals surface area contributed by atoms with Crippen molar-refractivity contribution in [3.63, 3.8) is 0 Å². The van der Waals surface area contributed by atoms with Gasteiger partial charge in [0.25, 0.3) is 0 Å². The number of rotatable bonds is 2. The van der Waals surface area contributed by atoms with E-state index in [4.69, 9.17) is 11.5 Å². The van der Waals surface area contributed by atoms with Crippen LogP contribution in [-0.4, -0.2) is 5.11 Å². The van der Waals surface area contributed by atoms with Gasteiger partial charge in [-0.3, -0.25) is 0 Å². The largest absolute Gasteiger partial charge is 0.507 e. The molecule has 0 radical (unpaired) electrons. The Bertz CT molecular complexity index is 545. The molecule has 0 heterocycles. The predicted octanol–water partition coefficient (Wildman–Crippen LogP) is 2.73. The lowest BCUT2D eigenvalue weighted by Crippen LogP contribution is -1.84. The second-order valence-corrected chi connectivity index (χ2v) is 3.82. The highest BCUT2D eigenvalue weighted by molar-refractivity contribution is 5.74. The summed E-state index contributed by atoms with van der Waals surface area (Å²) in [5.74, 6) is 0.177. The van der Waals surface area contributed by atoms with Crippen LogP contribution in [0.15, 0.2) is 42.5 Å². The van der Waals surface area contributed by atoms with E-state index < -0.39 is 0 Å². The first-order valence-corrected chi connectivity index (χ1v) is 5.27. The molecule has 0 aromatic heterocycles. The number of aromatic hydroxyl groups is 1. The van der Waals surface area contributed by atoms with Gasteiger partial charge in [0.05, 0.1) is 0 Å². The Balaban J connectivity index is 2.23. The van der Waals surface area contributed by atoms with E-state index in [2.05, 4.69) is 0 Å². The topological polar surface area (TPSA) is 72.3 Å². The highest BCUT2D eigenvalue weighted by Crippen LogP contribution is 2.22. The fourth-order valence-electron chi connectivity index (χ4n) is 1.49. The average molecular weight is 226 g/mol. The minimum atomic E-state index is 0.177. The Morgan fingerprint density at radius 2 is 1.47 bits per heavy atom. The molecule has 0 aliphatic carbocycles. The van der Waals surface area contributed by atoms with Crippen LogP contribution in [0, 0.1) is 0 Å². The van der Waals surface area contributed by atoms with E-state index in [1.807, 2.05) is 36.4 Å². The fraction of sp³-hybridized carbons (Fsp3) is 0. The third kappa shape index (κ3) is 2.78. The van der Waals surface area contributed by atoms with Gasteiger partial charge in [0.15, 0.2) is 0 Å². The molecule has 0 spiro atoms. The molecule has 0 saturated heterocycles. The minimum absolute atomic E-state index is 0.177. The molecule has 0 saturated carbocycles. The number of phenols is 1. The first kappa shape index (κ1) is 11.1. The molecule has 2 aromatic carbocycles. The van der Waals surface area contributed by atoms with E-state index in [0.717, 1.165) is 16.8 Å². The number of anilines is 2. The second kappa shape index (κ2) is 4.61. The first-order chi connectivity index (χ1) is 8.15. The van der Waals surface area contributed by atoms with Crippen LogP contribution in [0.4, 0.5) is 11.4 Å². The molecular weight excluding hydrogens is 212 g/mol. The van der Waals surface area contributed by atoms with Crippen LogP contribution < -0.4 is 11.5 Å². The first-order valence-electron chi connectivity index (χ1n) is 5.27. The summed E-state index contributed by atoms with van der Waals surface area (Å²) in [7, 11) is 0. The van der Waals surface area contributed by atoms with Crippen LogP contribution in [0.2, 0.25) is 0 Å². The summed E-state index contributed by atoms with van der Waals surface area (Å²) in [5, 5.41) is 9.66. The Morgan fingerprint density at radius 1 is 0.824 bits per heavy atom. The molecule has 0 aliphatic heterocycles. The minimum Gasteiger partial charge on any atom is -0.507 e. The number of nitrogen functional groups attached to an aromatic ring is 2. The van der Waals surface area contributed by atoms with Gasteiger partial charge in [-0.15, -0.1) is 0 Å². The van der Waals surface area contributed by atoms with Crippen LogP contribution in [0.1, 0.15) is 11.1 Å². The molecule has 2 rings (SSSR count). The lowest BCUT2D eigenvalue weighted by Gasteiger charge is -2.00.